The van der Waals surface area contributed by atoms with Crippen molar-refractivity contribution >= 4 is 21.2 Å². The van der Waals surface area contributed by atoms with E-state index in [9.17, 15) is 13.9 Å². The second kappa shape index (κ2) is 12.0. The van der Waals surface area contributed by atoms with E-state index in [0.717, 1.165) is 0 Å². The quantitative estimate of drug-likeness (QED) is 0.245. The number of rotatable bonds is 14. The summed E-state index contributed by atoms with van der Waals surface area (Å²) in [7, 11) is -7.05. The minimum Gasteiger partial charge on any atom is -0.458 e. The van der Waals surface area contributed by atoms with Crippen molar-refractivity contribution in [1.82, 2.24) is 0 Å². The van der Waals surface area contributed by atoms with Gasteiger partial charge in [0, 0.05) is 5.57 Å². The summed E-state index contributed by atoms with van der Waals surface area (Å²) in [6, 6.07) is 0. The third kappa shape index (κ3) is 9.69. The molecule has 10 heteroatoms. The highest BCUT2D eigenvalue weighted by molar-refractivity contribution is 7.55. The molecule has 0 N–H and O–H groups in total. The molecule has 0 rings (SSSR count). The van der Waals surface area contributed by atoms with Crippen molar-refractivity contribution in [2.24, 2.45) is 0 Å². The van der Waals surface area contributed by atoms with Crippen molar-refractivity contribution in [2.45, 2.75) is 40.7 Å². The Balaban J connectivity index is 5.45. The molecule has 25 heavy (non-hydrogen) atoms. The number of hydrogen-bond acceptors (Lipinski definition) is 8. The van der Waals surface area contributed by atoms with Crippen molar-refractivity contribution in [3.63, 3.8) is 0 Å². The fourth-order valence-corrected chi connectivity index (χ4v) is 5.71. The lowest BCUT2D eigenvalue weighted by molar-refractivity contribution is -0.142. The van der Waals surface area contributed by atoms with Gasteiger partial charge in [-0.15, -0.1) is 0 Å². The number of carbonyl (C=O) groups is 1. The monoisotopic (exact) mass is 400 g/mol. The maximum Gasteiger partial charge on any atom is 0.334 e. The highest BCUT2D eigenvalue weighted by Gasteiger charge is 2.37. The van der Waals surface area contributed by atoms with Crippen LogP contribution >= 0.6 is 15.2 Å². The topological polar surface area (TPSA) is 97.4 Å². The summed E-state index contributed by atoms with van der Waals surface area (Å²) >= 11 is 0. The fraction of sp³-hybridized carbons (Fsp3) is 0.800. The summed E-state index contributed by atoms with van der Waals surface area (Å²) in [5, 5.41) is 0. The molecule has 0 spiro atoms. The fourth-order valence-electron chi connectivity index (χ4n) is 1.96. The van der Waals surface area contributed by atoms with E-state index < -0.39 is 27.3 Å². The van der Waals surface area contributed by atoms with Gasteiger partial charge in [0.25, 0.3) is 0 Å². The van der Waals surface area contributed by atoms with Gasteiger partial charge in [-0.25, -0.2) is 4.79 Å². The van der Waals surface area contributed by atoms with Gasteiger partial charge in [-0.05, 0) is 34.6 Å². The van der Waals surface area contributed by atoms with Gasteiger partial charge >= 0.3 is 21.2 Å². The minimum absolute atomic E-state index is 0.160. The molecular formula is C15H30O8P2. The molecule has 0 atom stereocenters. The zero-order valence-electron chi connectivity index (χ0n) is 15.7. The van der Waals surface area contributed by atoms with Crippen molar-refractivity contribution in [2.75, 3.05) is 38.8 Å². The average molecular weight is 400 g/mol. The van der Waals surface area contributed by atoms with Gasteiger partial charge in [0.05, 0.1) is 38.8 Å². The highest BCUT2D eigenvalue weighted by Crippen LogP contribution is 2.53. The lowest BCUT2D eigenvalue weighted by Crippen LogP contribution is -2.28. The van der Waals surface area contributed by atoms with Gasteiger partial charge in [-0.3, -0.25) is 9.13 Å². The van der Waals surface area contributed by atoms with Gasteiger partial charge in [-0.2, -0.15) is 0 Å². The molecule has 0 amide bonds. The van der Waals surface area contributed by atoms with Crippen molar-refractivity contribution < 1.29 is 36.8 Å². The van der Waals surface area contributed by atoms with E-state index in [2.05, 4.69) is 6.58 Å². The van der Waals surface area contributed by atoms with Crippen LogP contribution in [0.3, 0.4) is 0 Å². The average Bonchev–Trinajstić information content (AvgIpc) is 2.47. The summed E-state index contributed by atoms with van der Waals surface area (Å²) in [6.07, 6.45) is -1.53. The molecule has 0 aliphatic rings. The largest absolute Gasteiger partial charge is 0.458 e. The van der Waals surface area contributed by atoms with Crippen LogP contribution in [0.5, 0.6) is 0 Å². The first-order chi connectivity index (χ1) is 11.6. The summed E-state index contributed by atoms with van der Waals surface area (Å²) in [6.45, 7) is 12.3. The first-order valence-corrected chi connectivity index (χ1v) is 11.7. The molecular weight excluding hydrogens is 370 g/mol. The van der Waals surface area contributed by atoms with Crippen LogP contribution in [-0.2, 0) is 36.8 Å². The summed E-state index contributed by atoms with van der Waals surface area (Å²) < 4.78 is 51.7. The molecule has 0 aromatic rings. The van der Waals surface area contributed by atoms with Gasteiger partial charge in [0.1, 0.15) is 6.10 Å². The molecule has 0 fully saturated rings. The van der Waals surface area contributed by atoms with E-state index >= 15 is 0 Å². The van der Waals surface area contributed by atoms with E-state index in [1.54, 1.807) is 27.7 Å². The Hall–Kier alpha value is -0.490. The molecule has 0 radical (unpaired) electrons. The lowest BCUT2D eigenvalue weighted by atomic mass is 10.3. The maximum atomic E-state index is 12.7. The zero-order valence-corrected chi connectivity index (χ0v) is 17.5. The molecule has 0 aromatic carbocycles. The lowest BCUT2D eigenvalue weighted by Gasteiger charge is -2.26. The SMILES string of the molecule is C=C(C)C(=O)OC(CP(=O)(OCC)OCC)CP(=O)(OCC)OCC. The molecule has 0 aliphatic heterocycles. The van der Waals surface area contributed by atoms with Crippen molar-refractivity contribution in [3.05, 3.63) is 12.2 Å². The Labute approximate surface area is 150 Å². The Bertz CT molecular complexity index is 468. The predicted octanol–water partition coefficient (Wildman–Crippen LogP) is 4.01. The summed E-state index contributed by atoms with van der Waals surface area (Å²) in [5.41, 5.74) is 0.162. The third-order valence-corrected chi connectivity index (χ3v) is 7.10. The molecule has 0 aromatic heterocycles. The second-order valence-corrected chi connectivity index (χ2v) is 9.27. The standard InChI is InChI=1S/C15H30O8P2/c1-7-19-24(17,20-8-2)11-14(23-15(16)13(5)6)12-25(18,21-9-3)22-10-4/h14H,5,7-12H2,1-4,6H3. The van der Waals surface area contributed by atoms with Crippen LogP contribution in [0.25, 0.3) is 0 Å². The Kier molecular flexibility index (Phi) is 11.8. The van der Waals surface area contributed by atoms with E-state index in [4.69, 9.17) is 22.8 Å². The van der Waals surface area contributed by atoms with E-state index in [-0.39, 0.29) is 44.3 Å². The van der Waals surface area contributed by atoms with Crippen LogP contribution in [0, 0.1) is 0 Å². The van der Waals surface area contributed by atoms with E-state index in [0.29, 0.717) is 0 Å². The molecule has 0 saturated heterocycles. The summed E-state index contributed by atoms with van der Waals surface area (Å²) in [4.78, 5) is 11.9. The number of ether oxygens (including phenoxy) is 1. The normalized spacial score (nSPS) is 12.4. The van der Waals surface area contributed by atoms with Crippen molar-refractivity contribution in [3.8, 4) is 0 Å². The van der Waals surface area contributed by atoms with Gasteiger partial charge in [0.2, 0.25) is 0 Å². The van der Waals surface area contributed by atoms with Gasteiger partial charge < -0.3 is 22.8 Å². The zero-order chi connectivity index (χ0) is 19.5. The van der Waals surface area contributed by atoms with Crippen molar-refractivity contribution in [1.29, 1.82) is 0 Å². The smallest absolute Gasteiger partial charge is 0.334 e. The molecule has 8 nitrogen and oxygen atoms in total. The predicted molar refractivity (Wildman–Crippen MR) is 96.1 cm³/mol. The van der Waals surface area contributed by atoms with Gasteiger partial charge in [0.15, 0.2) is 0 Å². The molecule has 0 heterocycles. The molecule has 0 aliphatic carbocycles. The number of carbonyl (C=O) groups excluding carboxylic acids is 1. The molecule has 0 bridgehead atoms. The van der Waals surface area contributed by atoms with E-state index in [1.165, 1.54) is 6.92 Å². The van der Waals surface area contributed by atoms with Crippen LogP contribution in [-0.4, -0.2) is 50.8 Å². The first kappa shape index (κ1) is 24.5. The number of hydrogen-bond donors (Lipinski definition) is 0. The summed E-state index contributed by atoms with van der Waals surface area (Å²) in [5.74, 6) is -0.691. The Morgan fingerprint density at radius 3 is 1.40 bits per heavy atom. The van der Waals surface area contributed by atoms with Gasteiger partial charge in [-0.1, -0.05) is 6.58 Å². The third-order valence-electron chi connectivity index (χ3n) is 2.78. The Morgan fingerprint density at radius 1 is 0.840 bits per heavy atom. The van der Waals surface area contributed by atoms with E-state index in [1.807, 2.05) is 0 Å². The minimum atomic E-state index is -3.52. The van der Waals surface area contributed by atoms with Crippen LogP contribution in [0.4, 0.5) is 0 Å². The maximum absolute atomic E-state index is 12.7. The second-order valence-electron chi connectivity index (χ2n) is 5.07. The highest BCUT2D eigenvalue weighted by atomic mass is 31.2. The number of esters is 1. The van der Waals surface area contributed by atoms with Crippen LogP contribution in [0.15, 0.2) is 12.2 Å². The Morgan fingerprint density at radius 2 is 1.16 bits per heavy atom. The molecule has 148 valence electrons. The van der Waals surface area contributed by atoms with Crippen LogP contribution in [0.1, 0.15) is 34.6 Å². The van der Waals surface area contributed by atoms with Crippen LogP contribution < -0.4 is 0 Å². The first-order valence-electron chi connectivity index (χ1n) is 8.28. The molecule has 0 unspecified atom stereocenters. The van der Waals surface area contributed by atoms with Crippen LogP contribution in [0.2, 0.25) is 0 Å². The molecule has 0 saturated carbocycles.